The van der Waals surface area contributed by atoms with E-state index >= 15 is 0 Å². The molecule has 4 aromatic rings. The summed E-state index contributed by atoms with van der Waals surface area (Å²) < 4.78 is 10.9. The first-order valence-corrected chi connectivity index (χ1v) is 9.31. The summed E-state index contributed by atoms with van der Waals surface area (Å²) in [6.07, 6.45) is 0. The summed E-state index contributed by atoms with van der Waals surface area (Å²) in [5, 5.41) is 8.36. The minimum absolute atomic E-state index is 0.0129. The maximum Gasteiger partial charge on any atom is 0.289 e. The van der Waals surface area contributed by atoms with Crippen LogP contribution in [-0.4, -0.2) is 34.0 Å². The lowest BCUT2D eigenvalue weighted by molar-refractivity contribution is 0.0537. The largest absolute Gasteiger partial charge is 0.451 e. The maximum atomic E-state index is 12.6. The Hall–Kier alpha value is -3.26. The number of hydrogen-bond donors (Lipinski definition) is 0. The second-order valence-corrected chi connectivity index (χ2v) is 7.13. The molecule has 1 aliphatic heterocycles. The number of amides is 1. The van der Waals surface area contributed by atoms with Gasteiger partial charge in [-0.1, -0.05) is 17.3 Å². The Balaban J connectivity index is 1.32. The van der Waals surface area contributed by atoms with Crippen molar-refractivity contribution in [1.29, 1.82) is 0 Å². The Bertz CT molecular complexity index is 1190. The molecule has 1 amide bonds. The van der Waals surface area contributed by atoms with Crippen molar-refractivity contribution in [2.75, 3.05) is 13.1 Å². The predicted molar refractivity (Wildman–Crippen MR) is 98.7 cm³/mol. The van der Waals surface area contributed by atoms with Crippen LogP contribution in [0.15, 0.2) is 60.9 Å². The highest BCUT2D eigenvalue weighted by Crippen LogP contribution is 2.29. The van der Waals surface area contributed by atoms with Crippen LogP contribution in [-0.2, 0) is 0 Å². The van der Waals surface area contributed by atoms with Gasteiger partial charge in [-0.05, 0) is 23.6 Å². The molecule has 0 atom stereocenters. The van der Waals surface area contributed by atoms with Crippen LogP contribution in [0, 0.1) is 0 Å². The summed E-state index contributed by atoms with van der Waals surface area (Å²) in [6.45, 7) is 0.890. The van der Waals surface area contributed by atoms with Crippen LogP contribution in [0.1, 0.15) is 22.4 Å². The summed E-state index contributed by atoms with van der Waals surface area (Å²) in [6, 6.07) is 10.1. The van der Waals surface area contributed by atoms with E-state index in [4.69, 9.17) is 8.94 Å². The quantitative estimate of drug-likeness (QED) is 0.543. The van der Waals surface area contributed by atoms with E-state index in [1.165, 1.54) is 6.07 Å². The van der Waals surface area contributed by atoms with E-state index in [0.29, 0.717) is 35.8 Å². The molecule has 3 aromatic heterocycles. The highest BCUT2D eigenvalue weighted by molar-refractivity contribution is 7.08. The van der Waals surface area contributed by atoms with Gasteiger partial charge < -0.3 is 13.8 Å². The van der Waals surface area contributed by atoms with Crippen molar-refractivity contribution in [1.82, 2.24) is 15.0 Å². The van der Waals surface area contributed by atoms with Crippen LogP contribution in [0.4, 0.5) is 0 Å². The molecule has 1 fully saturated rings. The first-order valence-electron chi connectivity index (χ1n) is 8.37. The topological polar surface area (TPSA) is 89.4 Å². The summed E-state index contributed by atoms with van der Waals surface area (Å²) in [5.74, 6) is 0.783. The van der Waals surface area contributed by atoms with E-state index in [9.17, 15) is 9.59 Å². The lowest BCUT2D eigenvalue weighted by Crippen LogP contribution is -2.48. The van der Waals surface area contributed by atoms with Crippen molar-refractivity contribution in [2.24, 2.45) is 0 Å². The number of benzene rings is 1. The van der Waals surface area contributed by atoms with E-state index in [1.54, 1.807) is 40.5 Å². The first kappa shape index (κ1) is 16.0. The fourth-order valence-corrected chi connectivity index (χ4v) is 3.71. The normalized spacial score (nSPS) is 14.4. The van der Waals surface area contributed by atoms with Crippen LogP contribution in [0.5, 0.6) is 0 Å². The van der Waals surface area contributed by atoms with Crippen molar-refractivity contribution < 1.29 is 13.7 Å². The zero-order chi connectivity index (χ0) is 18.4. The van der Waals surface area contributed by atoms with Gasteiger partial charge in [0.1, 0.15) is 5.58 Å². The molecule has 0 unspecified atom stereocenters. The summed E-state index contributed by atoms with van der Waals surface area (Å²) in [7, 11) is 0. The molecule has 1 aliphatic rings. The fraction of sp³-hybridized carbons (Fsp3) is 0.158. The number of fused-ring (bicyclic) bond motifs is 1. The van der Waals surface area contributed by atoms with Gasteiger partial charge >= 0.3 is 0 Å². The molecular formula is C19H13N3O4S. The van der Waals surface area contributed by atoms with Gasteiger partial charge in [-0.25, -0.2) is 0 Å². The third kappa shape index (κ3) is 2.74. The van der Waals surface area contributed by atoms with Gasteiger partial charge in [0.25, 0.3) is 5.91 Å². The van der Waals surface area contributed by atoms with Crippen molar-refractivity contribution in [3.05, 3.63) is 69.0 Å². The van der Waals surface area contributed by atoms with Gasteiger partial charge in [-0.2, -0.15) is 16.3 Å². The van der Waals surface area contributed by atoms with Crippen LogP contribution in [0.2, 0.25) is 0 Å². The number of likely N-dealkylation sites (tertiary alicyclic amines) is 1. The molecule has 8 heteroatoms. The average Bonchev–Trinajstić information content (AvgIpc) is 3.32. The molecule has 0 bridgehead atoms. The van der Waals surface area contributed by atoms with Gasteiger partial charge in [0.05, 0.1) is 11.3 Å². The molecule has 27 heavy (non-hydrogen) atoms. The minimum Gasteiger partial charge on any atom is -0.451 e. The Labute approximate surface area is 156 Å². The smallest absolute Gasteiger partial charge is 0.289 e. The lowest BCUT2D eigenvalue weighted by atomic mass is 9.99. The molecule has 0 radical (unpaired) electrons. The number of para-hydroxylation sites is 1. The number of thiophene rings is 1. The molecule has 0 aliphatic carbocycles. The number of nitrogens with zero attached hydrogens (tertiary/aromatic N) is 3. The van der Waals surface area contributed by atoms with Gasteiger partial charge in [0.2, 0.25) is 11.7 Å². The SMILES string of the molecule is O=C(c1cc(=O)c2ccccc2o1)N1CC(c2nc(-c3ccsc3)no2)C1. The second kappa shape index (κ2) is 6.17. The zero-order valence-corrected chi connectivity index (χ0v) is 14.8. The maximum absolute atomic E-state index is 12.6. The molecule has 1 aromatic carbocycles. The molecule has 7 nitrogen and oxygen atoms in total. The average molecular weight is 379 g/mol. The highest BCUT2D eigenvalue weighted by Gasteiger charge is 2.37. The number of hydrogen-bond acceptors (Lipinski definition) is 7. The van der Waals surface area contributed by atoms with E-state index in [0.717, 1.165) is 5.56 Å². The van der Waals surface area contributed by atoms with Crippen LogP contribution in [0.25, 0.3) is 22.4 Å². The second-order valence-electron chi connectivity index (χ2n) is 6.35. The number of rotatable bonds is 3. The number of carbonyl (C=O) groups is 1. The zero-order valence-electron chi connectivity index (χ0n) is 14.0. The van der Waals surface area contributed by atoms with Crippen LogP contribution < -0.4 is 5.43 Å². The lowest BCUT2D eigenvalue weighted by Gasteiger charge is -2.36. The van der Waals surface area contributed by atoms with E-state index < -0.39 is 0 Å². The summed E-state index contributed by atoms with van der Waals surface area (Å²) in [5.41, 5.74) is 1.09. The van der Waals surface area contributed by atoms with Gasteiger partial charge in [0, 0.05) is 30.1 Å². The van der Waals surface area contributed by atoms with E-state index in [2.05, 4.69) is 10.1 Å². The standard InChI is InChI=1S/C19H13N3O4S/c23-14-7-16(25-15-4-2-1-3-13(14)15)19(24)22-8-12(9-22)18-20-17(21-26-18)11-5-6-27-10-11/h1-7,10,12H,8-9H2. The minimum atomic E-state index is -0.313. The molecule has 5 rings (SSSR count). The van der Waals surface area contributed by atoms with Crippen molar-refractivity contribution in [3.8, 4) is 11.4 Å². The fourth-order valence-electron chi connectivity index (χ4n) is 3.08. The summed E-state index contributed by atoms with van der Waals surface area (Å²) >= 11 is 1.57. The highest BCUT2D eigenvalue weighted by atomic mass is 32.1. The third-order valence-corrected chi connectivity index (χ3v) is 5.27. The molecule has 0 N–H and O–H groups in total. The van der Waals surface area contributed by atoms with Crippen molar-refractivity contribution >= 4 is 28.2 Å². The Morgan fingerprint density at radius 3 is 2.89 bits per heavy atom. The monoisotopic (exact) mass is 379 g/mol. The van der Waals surface area contributed by atoms with E-state index in [1.807, 2.05) is 16.8 Å². The Kier molecular flexibility index (Phi) is 3.64. The molecular weight excluding hydrogens is 366 g/mol. The van der Waals surface area contributed by atoms with Gasteiger partial charge in [-0.15, -0.1) is 0 Å². The van der Waals surface area contributed by atoms with Crippen molar-refractivity contribution in [2.45, 2.75) is 5.92 Å². The van der Waals surface area contributed by atoms with Crippen LogP contribution in [0.3, 0.4) is 0 Å². The first-order chi connectivity index (χ1) is 13.2. The molecule has 4 heterocycles. The van der Waals surface area contributed by atoms with Gasteiger partial charge in [-0.3, -0.25) is 9.59 Å². The number of carbonyl (C=O) groups excluding carboxylic acids is 1. The number of aromatic nitrogens is 2. The van der Waals surface area contributed by atoms with Crippen molar-refractivity contribution in [3.63, 3.8) is 0 Å². The molecule has 1 saturated heterocycles. The molecule has 134 valence electrons. The third-order valence-electron chi connectivity index (χ3n) is 4.58. The van der Waals surface area contributed by atoms with E-state index in [-0.39, 0.29) is 23.0 Å². The summed E-state index contributed by atoms with van der Waals surface area (Å²) in [4.78, 5) is 30.8. The van der Waals surface area contributed by atoms with Crippen LogP contribution >= 0.6 is 11.3 Å². The Morgan fingerprint density at radius 2 is 2.07 bits per heavy atom. The molecule has 0 saturated carbocycles. The predicted octanol–water partition coefficient (Wildman–Crippen LogP) is 3.14. The van der Waals surface area contributed by atoms with Gasteiger partial charge in [0.15, 0.2) is 11.2 Å². The Morgan fingerprint density at radius 1 is 1.22 bits per heavy atom. The molecule has 0 spiro atoms.